The second-order valence-corrected chi connectivity index (χ2v) is 7.04. The van der Waals surface area contributed by atoms with E-state index in [-0.39, 0.29) is 23.8 Å². The quantitative estimate of drug-likeness (QED) is 0.597. The lowest BCUT2D eigenvalue weighted by Crippen LogP contribution is -2.25. The third kappa shape index (κ3) is 3.27. The highest BCUT2D eigenvalue weighted by Gasteiger charge is 2.31. The fourth-order valence-electron chi connectivity index (χ4n) is 2.15. The highest BCUT2D eigenvalue weighted by atomic mass is 32.2. The number of aromatic carboxylic acids is 1. The molecule has 114 valence electrons. The molecule has 1 saturated heterocycles. The summed E-state index contributed by atoms with van der Waals surface area (Å²) in [7, 11) is -3.19. The molecule has 1 aromatic rings. The van der Waals surface area contributed by atoms with Crippen LogP contribution < -0.4 is 5.32 Å². The molecule has 2 rings (SSSR count). The summed E-state index contributed by atoms with van der Waals surface area (Å²) in [5.41, 5.74) is -0.743. The summed E-state index contributed by atoms with van der Waals surface area (Å²) in [5, 5.41) is 21.7. The van der Waals surface area contributed by atoms with E-state index in [1.54, 1.807) is 0 Å². The fourth-order valence-corrected chi connectivity index (χ4v) is 3.91. The Hall–Kier alpha value is -2.23. The van der Waals surface area contributed by atoms with Crippen molar-refractivity contribution in [3.8, 4) is 0 Å². The van der Waals surface area contributed by atoms with Crippen molar-refractivity contribution in [2.45, 2.75) is 18.1 Å². The van der Waals surface area contributed by atoms with Crippen LogP contribution in [-0.2, 0) is 9.84 Å². The van der Waals surface area contributed by atoms with Crippen LogP contribution in [0.25, 0.3) is 0 Å². The largest absolute Gasteiger partial charge is 0.477 e. The molecule has 10 heteroatoms. The van der Waals surface area contributed by atoms with E-state index < -0.39 is 31.7 Å². The van der Waals surface area contributed by atoms with Gasteiger partial charge in [0.2, 0.25) is 5.82 Å². The van der Waals surface area contributed by atoms with Crippen LogP contribution >= 0.6 is 0 Å². The Morgan fingerprint density at radius 3 is 2.76 bits per heavy atom. The van der Waals surface area contributed by atoms with Crippen molar-refractivity contribution in [2.75, 3.05) is 17.6 Å². The van der Waals surface area contributed by atoms with Crippen molar-refractivity contribution < 1.29 is 23.2 Å². The Kier molecular flexibility index (Phi) is 4.07. The lowest BCUT2D eigenvalue weighted by molar-refractivity contribution is -0.384. The van der Waals surface area contributed by atoms with Crippen molar-refractivity contribution in [3.63, 3.8) is 0 Å². The minimum absolute atomic E-state index is 0.0285. The third-order valence-electron chi connectivity index (χ3n) is 3.25. The molecular formula is C11H13N3O6S. The Balaban J connectivity index is 2.23. The molecule has 1 unspecified atom stereocenters. The molecule has 1 fully saturated rings. The number of nitrogens with zero attached hydrogens (tertiary/aromatic N) is 2. The van der Waals surface area contributed by atoms with Crippen molar-refractivity contribution in [3.05, 3.63) is 27.9 Å². The topological polar surface area (TPSA) is 140 Å². The van der Waals surface area contributed by atoms with Gasteiger partial charge in [-0.05, 0) is 18.9 Å². The van der Waals surface area contributed by atoms with Gasteiger partial charge in [-0.1, -0.05) is 0 Å². The van der Waals surface area contributed by atoms with Gasteiger partial charge in [-0.25, -0.2) is 18.2 Å². The second-order valence-electron chi connectivity index (χ2n) is 4.64. The van der Waals surface area contributed by atoms with E-state index in [1.807, 2.05) is 0 Å². The molecule has 9 nitrogen and oxygen atoms in total. The summed E-state index contributed by atoms with van der Waals surface area (Å²) in [5.74, 6) is -1.45. The van der Waals surface area contributed by atoms with Crippen LogP contribution in [0.1, 0.15) is 23.3 Å². The Morgan fingerprint density at radius 1 is 1.52 bits per heavy atom. The zero-order valence-corrected chi connectivity index (χ0v) is 11.7. The summed E-state index contributed by atoms with van der Waals surface area (Å²) in [4.78, 5) is 24.7. The molecular weight excluding hydrogens is 302 g/mol. The number of pyridine rings is 1. The average molecular weight is 315 g/mol. The van der Waals surface area contributed by atoms with Gasteiger partial charge in [-0.15, -0.1) is 0 Å². The van der Waals surface area contributed by atoms with E-state index in [1.165, 1.54) is 0 Å². The van der Waals surface area contributed by atoms with Gasteiger partial charge < -0.3 is 10.4 Å². The molecule has 0 amide bonds. The van der Waals surface area contributed by atoms with Crippen LogP contribution in [0.5, 0.6) is 0 Å². The van der Waals surface area contributed by atoms with E-state index in [2.05, 4.69) is 10.3 Å². The van der Waals surface area contributed by atoms with Crippen molar-refractivity contribution in [2.24, 2.45) is 0 Å². The molecule has 1 aliphatic heterocycles. The van der Waals surface area contributed by atoms with Crippen LogP contribution in [0.2, 0.25) is 0 Å². The summed E-state index contributed by atoms with van der Waals surface area (Å²) in [6, 6.07) is 2.06. The maximum Gasteiger partial charge on any atom is 0.354 e. The van der Waals surface area contributed by atoms with Gasteiger partial charge in [0.15, 0.2) is 15.5 Å². The minimum Gasteiger partial charge on any atom is -0.477 e. The summed E-state index contributed by atoms with van der Waals surface area (Å²) < 4.78 is 23.4. The smallest absolute Gasteiger partial charge is 0.354 e. The van der Waals surface area contributed by atoms with Crippen LogP contribution in [0, 0.1) is 10.1 Å². The fraction of sp³-hybridized carbons (Fsp3) is 0.455. The first-order valence-electron chi connectivity index (χ1n) is 6.15. The van der Waals surface area contributed by atoms with Crippen molar-refractivity contribution in [1.82, 2.24) is 4.98 Å². The molecule has 2 N–H and O–H groups in total. The van der Waals surface area contributed by atoms with Gasteiger partial charge in [-0.2, -0.15) is 0 Å². The van der Waals surface area contributed by atoms with Crippen molar-refractivity contribution in [1.29, 1.82) is 0 Å². The number of nitrogens with one attached hydrogen (secondary N) is 1. The number of rotatable bonds is 5. The number of hydrogen-bond acceptors (Lipinski definition) is 7. The van der Waals surface area contributed by atoms with E-state index in [9.17, 15) is 23.3 Å². The molecule has 0 aliphatic carbocycles. The van der Waals surface area contributed by atoms with E-state index >= 15 is 0 Å². The number of hydrogen-bond donors (Lipinski definition) is 2. The van der Waals surface area contributed by atoms with E-state index in [0.29, 0.717) is 12.8 Å². The predicted octanol–water partition coefficient (Wildman–Crippen LogP) is 0.677. The molecule has 0 spiro atoms. The molecule has 0 bridgehead atoms. The molecule has 1 aliphatic rings. The number of carbonyl (C=O) groups is 1. The molecule has 1 atom stereocenters. The average Bonchev–Trinajstić information content (AvgIpc) is 2.74. The lowest BCUT2D eigenvalue weighted by atomic mass is 10.2. The van der Waals surface area contributed by atoms with Crippen LogP contribution in [0.15, 0.2) is 12.1 Å². The summed E-state index contributed by atoms with van der Waals surface area (Å²) >= 11 is 0. The van der Waals surface area contributed by atoms with E-state index in [4.69, 9.17) is 5.11 Å². The highest BCUT2D eigenvalue weighted by Crippen LogP contribution is 2.25. The SMILES string of the molecule is O=C(O)c1ccc([N+](=O)[O-])c(NCC2CCCS2(=O)=O)n1. The van der Waals surface area contributed by atoms with Crippen LogP contribution in [0.4, 0.5) is 11.5 Å². The summed E-state index contributed by atoms with van der Waals surface area (Å²) in [6.45, 7) is -0.0285. The van der Waals surface area contributed by atoms with Gasteiger partial charge in [-0.3, -0.25) is 10.1 Å². The minimum atomic E-state index is -3.19. The number of aromatic nitrogens is 1. The molecule has 2 heterocycles. The first-order valence-corrected chi connectivity index (χ1v) is 7.87. The van der Waals surface area contributed by atoms with Crippen LogP contribution in [0.3, 0.4) is 0 Å². The molecule has 0 radical (unpaired) electrons. The number of sulfone groups is 1. The maximum atomic E-state index is 11.7. The van der Waals surface area contributed by atoms with E-state index in [0.717, 1.165) is 12.1 Å². The van der Waals surface area contributed by atoms with Gasteiger partial charge in [0, 0.05) is 12.6 Å². The van der Waals surface area contributed by atoms with Gasteiger partial charge in [0.05, 0.1) is 15.9 Å². The highest BCUT2D eigenvalue weighted by molar-refractivity contribution is 7.92. The zero-order valence-electron chi connectivity index (χ0n) is 10.9. The number of nitro groups is 1. The van der Waals surface area contributed by atoms with Crippen LogP contribution in [-0.4, -0.2) is 46.9 Å². The van der Waals surface area contributed by atoms with Gasteiger partial charge in [0.1, 0.15) is 0 Å². The normalized spacial score (nSPS) is 20.1. The Bertz CT molecular complexity index is 687. The van der Waals surface area contributed by atoms with Gasteiger partial charge >= 0.3 is 11.7 Å². The Labute approximate surface area is 120 Å². The molecule has 21 heavy (non-hydrogen) atoms. The zero-order chi connectivity index (χ0) is 15.6. The molecule has 0 aromatic carbocycles. The monoisotopic (exact) mass is 315 g/mol. The third-order valence-corrected chi connectivity index (χ3v) is 5.53. The molecule has 0 saturated carbocycles. The first kappa shape index (κ1) is 15.2. The lowest BCUT2D eigenvalue weighted by Gasteiger charge is -2.11. The second kappa shape index (κ2) is 5.64. The summed E-state index contributed by atoms with van der Waals surface area (Å²) in [6.07, 6.45) is 1.03. The maximum absolute atomic E-state index is 11.7. The van der Waals surface area contributed by atoms with Crippen molar-refractivity contribution >= 4 is 27.3 Å². The first-order chi connectivity index (χ1) is 9.81. The number of carboxylic acid groups (broad SMARTS) is 1. The molecule has 1 aromatic heterocycles. The predicted molar refractivity (Wildman–Crippen MR) is 73.1 cm³/mol. The Morgan fingerprint density at radius 2 is 2.24 bits per heavy atom. The standard InChI is InChI=1S/C11H13N3O6S/c15-11(16)8-3-4-9(14(17)18)10(13-8)12-6-7-2-1-5-21(7,19)20/h3-4,7H,1-2,5-6H2,(H,12,13)(H,15,16). The number of carboxylic acids is 1. The van der Waals surface area contributed by atoms with Gasteiger partial charge in [0.25, 0.3) is 0 Å². The number of anilines is 1.